The fourth-order valence-corrected chi connectivity index (χ4v) is 2.66. The number of nitrogens with zero attached hydrogens (tertiary/aromatic N) is 2. The molecule has 2 aromatic heterocycles. The van der Waals surface area contributed by atoms with Gasteiger partial charge in [-0.05, 0) is 20.3 Å². The molecule has 2 heterocycles. The van der Waals surface area contributed by atoms with Gasteiger partial charge < -0.3 is 5.32 Å². The third kappa shape index (κ3) is 5.16. The molecule has 0 aromatic carbocycles. The quantitative estimate of drug-likeness (QED) is 0.567. The Morgan fingerprint density at radius 1 is 0.963 bits per heavy atom. The van der Waals surface area contributed by atoms with Gasteiger partial charge in [0.25, 0.3) is 11.1 Å². The number of nitrogens with one attached hydrogen (secondary N) is 3. The van der Waals surface area contributed by atoms with Gasteiger partial charge in [0.2, 0.25) is 5.91 Å². The number of hydrogen-bond donors (Lipinski definition) is 3. The molecule has 0 atom stereocenters. The number of rotatable bonds is 7. The fraction of sp³-hybridized carbons (Fsp3) is 0.471. The Labute approximate surface area is 153 Å². The molecule has 0 bridgehead atoms. The molecule has 0 aliphatic heterocycles. The zero-order valence-corrected chi connectivity index (χ0v) is 15.5. The number of hydrogen-bond acceptors (Lipinski definition) is 5. The van der Waals surface area contributed by atoms with Gasteiger partial charge in [0, 0.05) is 43.0 Å². The highest BCUT2D eigenvalue weighted by Crippen LogP contribution is 1.98. The second-order valence-electron chi connectivity index (χ2n) is 6.46. The number of aromatic amines is 2. The monoisotopic (exact) mass is 377 g/mol. The lowest BCUT2D eigenvalue weighted by Gasteiger charge is -2.21. The van der Waals surface area contributed by atoms with E-state index in [1.165, 1.54) is 21.5 Å². The molecule has 2 rings (SSSR count). The van der Waals surface area contributed by atoms with Crippen LogP contribution in [-0.4, -0.2) is 31.1 Å². The summed E-state index contributed by atoms with van der Waals surface area (Å²) in [4.78, 5) is 63.6. The van der Waals surface area contributed by atoms with Gasteiger partial charge in [0.15, 0.2) is 0 Å². The SMILES string of the molecule is CCCC(=O)NC(Cn1cc(C)c(=O)[nH]c1=O)Cn1cc(C)c(=O)[nH]c1=O. The maximum absolute atomic E-state index is 12.0. The number of carbonyl (C=O) groups is 1. The third-order valence-electron chi connectivity index (χ3n) is 4.05. The summed E-state index contributed by atoms with van der Waals surface area (Å²) in [6.07, 6.45) is 3.76. The topological polar surface area (TPSA) is 139 Å². The van der Waals surface area contributed by atoms with Crippen molar-refractivity contribution in [3.8, 4) is 0 Å². The van der Waals surface area contributed by atoms with E-state index in [1.807, 2.05) is 6.92 Å². The average Bonchev–Trinajstić information content (AvgIpc) is 2.57. The molecule has 10 heteroatoms. The first-order valence-corrected chi connectivity index (χ1v) is 8.61. The lowest BCUT2D eigenvalue weighted by atomic mass is 10.2. The molecule has 0 fully saturated rings. The molecule has 0 radical (unpaired) electrons. The van der Waals surface area contributed by atoms with Crippen molar-refractivity contribution >= 4 is 5.91 Å². The molecular weight excluding hydrogens is 354 g/mol. The number of amides is 1. The zero-order chi connectivity index (χ0) is 20.1. The predicted molar refractivity (Wildman–Crippen MR) is 99.0 cm³/mol. The van der Waals surface area contributed by atoms with Gasteiger partial charge >= 0.3 is 11.4 Å². The van der Waals surface area contributed by atoms with Crippen molar-refractivity contribution in [1.82, 2.24) is 24.4 Å². The van der Waals surface area contributed by atoms with Crippen molar-refractivity contribution in [2.24, 2.45) is 0 Å². The van der Waals surface area contributed by atoms with Crippen LogP contribution in [0, 0.1) is 13.8 Å². The largest absolute Gasteiger partial charge is 0.350 e. The Hall–Kier alpha value is -3.17. The Balaban J connectivity index is 2.36. The lowest BCUT2D eigenvalue weighted by Crippen LogP contribution is -2.46. The van der Waals surface area contributed by atoms with E-state index in [9.17, 15) is 24.0 Å². The van der Waals surface area contributed by atoms with Crippen molar-refractivity contribution in [3.63, 3.8) is 0 Å². The highest BCUT2D eigenvalue weighted by molar-refractivity contribution is 5.76. The van der Waals surface area contributed by atoms with Crippen LogP contribution in [0.3, 0.4) is 0 Å². The van der Waals surface area contributed by atoms with Crippen LogP contribution in [0.5, 0.6) is 0 Å². The van der Waals surface area contributed by atoms with E-state index in [4.69, 9.17) is 0 Å². The van der Waals surface area contributed by atoms with Gasteiger partial charge in [-0.2, -0.15) is 0 Å². The van der Waals surface area contributed by atoms with Gasteiger partial charge in [-0.25, -0.2) is 9.59 Å². The van der Waals surface area contributed by atoms with E-state index in [0.29, 0.717) is 24.0 Å². The molecule has 0 aliphatic rings. The van der Waals surface area contributed by atoms with Gasteiger partial charge in [-0.3, -0.25) is 33.5 Å². The van der Waals surface area contributed by atoms with Crippen molar-refractivity contribution in [3.05, 3.63) is 65.2 Å². The number of H-pyrrole nitrogens is 2. The second-order valence-corrected chi connectivity index (χ2v) is 6.46. The maximum atomic E-state index is 12.0. The van der Waals surface area contributed by atoms with Crippen molar-refractivity contribution < 1.29 is 4.79 Å². The Morgan fingerprint density at radius 3 is 1.81 bits per heavy atom. The first-order valence-electron chi connectivity index (χ1n) is 8.61. The van der Waals surface area contributed by atoms with Crippen LogP contribution in [-0.2, 0) is 17.9 Å². The Morgan fingerprint density at radius 2 is 1.41 bits per heavy atom. The summed E-state index contributed by atoms with van der Waals surface area (Å²) in [5.74, 6) is -0.217. The summed E-state index contributed by atoms with van der Waals surface area (Å²) < 4.78 is 2.55. The standard InChI is InChI=1S/C17H23N5O5/c1-4-5-13(23)18-12(8-21-6-10(2)14(24)19-16(21)26)9-22-7-11(3)15(25)20-17(22)27/h6-7,12H,4-5,8-9H2,1-3H3,(H,18,23)(H,19,24,26)(H,20,25,27). The molecule has 0 saturated heterocycles. The van der Waals surface area contributed by atoms with E-state index >= 15 is 0 Å². The molecule has 10 nitrogen and oxygen atoms in total. The van der Waals surface area contributed by atoms with E-state index in [-0.39, 0.29) is 19.0 Å². The predicted octanol–water partition coefficient (Wildman–Crippen LogP) is -1.01. The highest BCUT2D eigenvalue weighted by Gasteiger charge is 2.16. The minimum absolute atomic E-state index is 0.0521. The normalized spacial score (nSPS) is 11.0. The average molecular weight is 377 g/mol. The molecule has 1 amide bonds. The molecular formula is C17H23N5O5. The van der Waals surface area contributed by atoms with E-state index in [1.54, 1.807) is 13.8 Å². The molecule has 0 saturated carbocycles. The lowest BCUT2D eigenvalue weighted by molar-refractivity contribution is -0.122. The highest BCUT2D eigenvalue weighted by atomic mass is 16.2. The van der Waals surface area contributed by atoms with Crippen LogP contribution in [0.2, 0.25) is 0 Å². The van der Waals surface area contributed by atoms with Crippen molar-refractivity contribution in [2.45, 2.75) is 52.7 Å². The number of aromatic nitrogens is 4. The zero-order valence-electron chi connectivity index (χ0n) is 15.5. The van der Waals surface area contributed by atoms with Gasteiger partial charge in [0.05, 0.1) is 6.04 Å². The molecule has 0 unspecified atom stereocenters. The molecule has 0 aliphatic carbocycles. The fourth-order valence-electron chi connectivity index (χ4n) is 2.66. The van der Waals surface area contributed by atoms with E-state index in [0.717, 1.165) is 0 Å². The summed E-state index contributed by atoms with van der Waals surface area (Å²) in [6, 6.07) is -0.602. The molecule has 2 aromatic rings. The smallest absolute Gasteiger partial charge is 0.328 e. The third-order valence-corrected chi connectivity index (χ3v) is 4.05. The molecule has 27 heavy (non-hydrogen) atoms. The summed E-state index contributed by atoms with van der Waals surface area (Å²) in [5.41, 5.74) is -1.46. The van der Waals surface area contributed by atoms with Crippen LogP contribution in [0.1, 0.15) is 30.9 Å². The maximum Gasteiger partial charge on any atom is 0.328 e. The summed E-state index contributed by atoms with van der Waals surface area (Å²) in [7, 11) is 0. The van der Waals surface area contributed by atoms with E-state index < -0.39 is 28.5 Å². The van der Waals surface area contributed by atoms with E-state index in [2.05, 4.69) is 15.3 Å². The van der Waals surface area contributed by atoms with Crippen LogP contribution < -0.4 is 27.8 Å². The Bertz CT molecular complexity index is 983. The Kier molecular flexibility index (Phi) is 6.32. The van der Waals surface area contributed by atoms with Gasteiger partial charge in [-0.1, -0.05) is 6.92 Å². The van der Waals surface area contributed by atoms with Crippen molar-refractivity contribution in [2.75, 3.05) is 0 Å². The first-order chi connectivity index (χ1) is 12.7. The van der Waals surface area contributed by atoms with Gasteiger partial charge in [-0.15, -0.1) is 0 Å². The minimum Gasteiger partial charge on any atom is -0.350 e. The summed E-state index contributed by atoms with van der Waals surface area (Å²) in [5, 5.41) is 2.80. The molecule has 0 spiro atoms. The van der Waals surface area contributed by atoms with Crippen molar-refractivity contribution in [1.29, 1.82) is 0 Å². The minimum atomic E-state index is -0.606. The molecule has 3 N–H and O–H groups in total. The number of aryl methyl sites for hydroxylation is 2. The van der Waals surface area contributed by atoms with Crippen LogP contribution in [0.4, 0.5) is 0 Å². The summed E-state index contributed by atoms with van der Waals surface area (Å²) >= 11 is 0. The van der Waals surface area contributed by atoms with Gasteiger partial charge in [0.1, 0.15) is 0 Å². The molecule has 146 valence electrons. The van der Waals surface area contributed by atoms with Crippen LogP contribution in [0.15, 0.2) is 31.6 Å². The van der Waals surface area contributed by atoms with Crippen LogP contribution >= 0.6 is 0 Å². The summed E-state index contributed by atoms with van der Waals surface area (Å²) in [6.45, 7) is 5.09. The van der Waals surface area contributed by atoms with Crippen LogP contribution in [0.25, 0.3) is 0 Å². The number of carbonyl (C=O) groups excluding carboxylic acids is 1. The first kappa shape index (κ1) is 20.1. The second kappa shape index (κ2) is 8.47.